The topological polar surface area (TPSA) is 245 Å². The molecule has 1 aromatic rings. The van der Waals surface area contributed by atoms with Crippen molar-refractivity contribution < 1.29 is 49.2 Å². The standard InChI is InChI=1S/C24H34N4O10/c1-12(2)9-17(23(36)28-18(24(37)38)10-13-3-5-14(29)6-4-13)27-22(35)16(7-8-19(30)31)26-21(34)15(25)11-20(32)33/h3-6,12,15-18,29H,7-11,25H2,1-2H3,(H,26,34)(H,27,35)(H,28,36)(H,30,31)(H,32,33)(H,37,38). The average Bonchev–Trinajstić information content (AvgIpc) is 2.80. The fourth-order valence-electron chi connectivity index (χ4n) is 3.41. The van der Waals surface area contributed by atoms with Crippen LogP contribution in [0.4, 0.5) is 0 Å². The number of carbonyl (C=O) groups is 6. The van der Waals surface area contributed by atoms with Crippen molar-refractivity contribution in [1.29, 1.82) is 0 Å². The molecule has 14 heteroatoms. The van der Waals surface area contributed by atoms with E-state index in [-0.39, 0.29) is 30.9 Å². The maximum absolute atomic E-state index is 13.0. The third kappa shape index (κ3) is 11.7. The number of aliphatic carboxylic acids is 3. The van der Waals surface area contributed by atoms with Crippen molar-refractivity contribution in [3.63, 3.8) is 0 Å². The zero-order chi connectivity index (χ0) is 29.0. The van der Waals surface area contributed by atoms with Gasteiger partial charge in [0, 0.05) is 12.8 Å². The predicted octanol–water partition coefficient (Wildman–Crippen LogP) is -0.813. The molecule has 210 valence electrons. The first-order chi connectivity index (χ1) is 17.7. The second kappa shape index (κ2) is 15.1. The molecule has 0 aliphatic rings. The second-order valence-corrected chi connectivity index (χ2v) is 9.16. The van der Waals surface area contributed by atoms with Crippen molar-refractivity contribution in [3.8, 4) is 5.75 Å². The molecule has 1 aromatic carbocycles. The van der Waals surface area contributed by atoms with Crippen molar-refractivity contribution in [1.82, 2.24) is 16.0 Å². The number of carboxylic acid groups (broad SMARTS) is 3. The molecule has 0 radical (unpaired) electrons. The summed E-state index contributed by atoms with van der Waals surface area (Å²) in [4.78, 5) is 71.9. The van der Waals surface area contributed by atoms with Gasteiger partial charge in [-0.2, -0.15) is 0 Å². The van der Waals surface area contributed by atoms with Crippen LogP contribution >= 0.6 is 0 Å². The van der Waals surface area contributed by atoms with Crippen molar-refractivity contribution in [2.75, 3.05) is 0 Å². The first-order valence-corrected chi connectivity index (χ1v) is 11.8. The normalized spacial score (nSPS) is 14.0. The molecule has 9 N–H and O–H groups in total. The largest absolute Gasteiger partial charge is 0.508 e. The van der Waals surface area contributed by atoms with Crippen LogP contribution in [-0.2, 0) is 35.2 Å². The van der Waals surface area contributed by atoms with Crippen LogP contribution in [0.1, 0.15) is 45.1 Å². The van der Waals surface area contributed by atoms with Gasteiger partial charge < -0.3 is 42.1 Å². The first-order valence-electron chi connectivity index (χ1n) is 11.8. The molecule has 1 rings (SSSR count). The molecular formula is C24H34N4O10. The van der Waals surface area contributed by atoms with E-state index in [0.29, 0.717) is 5.56 Å². The number of rotatable bonds is 16. The van der Waals surface area contributed by atoms with Crippen LogP contribution in [0.3, 0.4) is 0 Å². The molecule has 0 aromatic heterocycles. The molecule has 0 bridgehead atoms. The van der Waals surface area contributed by atoms with Crippen molar-refractivity contribution in [3.05, 3.63) is 29.8 Å². The highest BCUT2D eigenvalue weighted by molar-refractivity contribution is 5.95. The lowest BCUT2D eigenvalue weighted by molar-refractivity contribution is -0.142. The van der Waals surface area contributed by atoms with Crippen LogP contribution in [0.15, 0.2) is 24.3 Å². The zero-order valence-corrected chi connectivity index (χ0v) is 21.0. The third-order valence-corrected chi connectivity index (χ3v) is 5.34. The van der Waals surface area contributed by atoms with Gasteiger partial charge in [0.15, 0.2) is 0 Å². The molecule has 0 saturated carbocycles. The van der Waals surface area contributed by atoms with Crippen LogP contribution in [0.25, 0.3) is 0 Å². The number of nitrogens with two attached hydrogens (primary N) is 1. The molecular weight excluding hydrogens is 504 g/mol. The van der Waals surface area contributed by atoms with Gasteiger partial charge in [-0.3, -0.25) is 24.0 Å². The Hall–Kier alpha value is -4.20. The van der Waals surface area contributed by atoms with Crippen LogP contribution in [0.2, 0.25) is 0 Å². The molecule has 3 amide bonds. The van der Waals surface area contributed by atoms with E-state index in [1.54, 1.807) is 13.8 Å². The summed E-state index contributed by atoms with van der Waals surface area (Å²) in [5.74, 6) is -6.84. The number of carbonyl (C=O) groups excluding carboxylic acids is 3. The lowest BCUT2D eigenvalue weighted by atomic mass is 10.0. The summed E-state index contributed by atoms with van der Waals surface area (Å²) in [5.41, 5.74) is 6.04. The summed E-state index contributed by atoms with van der Waals surface area (Å²) in [6.45, 7) is 3.51. The van der Waals surface area contributed by atoms with E-state index in [0.717, 1.165) is 0 Å². The average molecular weight is 539 g/mol. The summed E-state index contributed by atoms with van der Waals surface area (Å²) in [6.07, 6.45) is -1.65. The van der Waals surface area contributed by atoms with Crippen LogP contribution < -0.4 is 21.7 Å². The Morgan fingerprint density at radius 2 is 1.32 bits per heavy atom. The van der Waals surface area contributed by atoms with Gasteiger partial charge in [0.25, 0.3) is 0 Å². The van der Waals surface area contributed by atoms with Crippen LogP contribution in [0, 0.1) is 5.92 Å². The van der Waals surface area contributed by atoms with Gasteiger partial charge in [0.2, 0.25) is 17.7 Å². The third-order valence-electron chi connectivity index (χ3n) is 5.34. The van der Waals surface area contributed by atoms with Gasteiger partial charge in [-0.25, -0.2) is 4.79 Å². The summed E-state index contributed by atoms with van der Waals surface area (Å²) in [7, 11) is 0. The first kappa shape index (κ1) is 31.8. The minimum atomic E-state index is -1.50. The molecule has 14 nitrogen and oxygen atoms in total. The number of hydrogen-bond acceptors (Lipinski definition) is 8. The van der Waals surface area contributed by atoms with Gasteiger partial charge in [-0.15, -0.1) is 0 Å². The highest BCUT2D eigenvalue weighted by Crippen LogP contribution is 2.13. The second-order valence-electron chi connectivity index (χ2n) is 9.16. The lowest BCUT2D eigenvalue weighted by Gasteiger charge is -2.26. The molecule has 0 fully saturated rings. The molecule has 4 atom stereocenters. The maximum atomic E-state index is 13.0. The molecule has 0 spiro atoms. The van der Waals surface area contributed by atoms with Crippen LogP contribution in [-0.4, -0.2) is 80.2 Å². The van der Waals surface area contributed by atoms with E-state index in [9.17, 15) is 39.0 Å². The predicted molar refractivity (Wildman–Crippen MR) is 132 cm³/mol. The van der Waals surface area contributed by atoms with Gasteiger partial charge in [-0.1, -0.05) is 26.0 Å². The van der Waals surface area contributed by atoms with E-state index < -0.39 is 72.6 Å². The van der Waals surface area contributed by atoms with Gasteiger partial charge >= 0.3 is 17.9 Å². The Labute approximate surface area is 218 Å². The molecule has 38 heavy (non-hydrogen) atoms. The fourth-order valence-corrected chi connectivity index (χ4v) is 3.41. The monoisotopic (exact) mass is 538 g/mol. The highest BCUT2D eigenvalue weighted by atomic mass is 16.4. The number of phenolic OH excluding ortho intramolecular Hbond substituents is 1. The minimum absolute atomic E-state index is 0.0159. The molecule has 4 unspecified atom stereocenters. The van der Waals surface area contributed by atoms with E-state index >= 15 is 0 Å². The fraction of sp³-hybridized carbons (Fsp3) is 0.500. The van der Waals surface area contributed by atoms with Crippen molar-refractivity contribution in [2.24, 2.45) is 11.7 Å². The van der Waals surface area contributed by atoms with Crippen molar-refractivity contribution in [2.45, 2.75) is 70.1 Å². The quantitative estimate of drug-likeness (QED) is 0.129. The van der Waals surface area contributed by atoms with E-state index in [2.05, 4.69) is 16.0 Å². The van der Waals surface area contributed by atoms with E-state index in [1.165, 1.54) is 24.3 Å². The minimum Gasteiger partial charge on any atom is -0.508 e. The lowest BCUT2D eigenvalue weighted by Crippen LogP contribution is -2.57. The number of aromatic hydroxyl groups is 1. The SMILES string of the molecule is CC(C)CC(NC(=O)C(CCC(=O)O)NC(=O)C(N)CC(=O)O)C(=O)NC(Cc1ccc(O)cc1)C(=O)O. The number of hydrogen-bond donors (Lipinski definition) is 8. The number of amides is 3. The van der Waals surface area contributed by atoms with E-state index in [4.69, 9.17) is 15.9 Å². The van der Waals surface area contributed by atoms with E-state index in [1.807, 2.05) is 0 Å². The van der Waals surface area contributed by atoms with Gasteiger partial charge in [0.1, 0.15) is 23.9 Å². The Bertz CT molecular complexity index is 1010. The number of carboxylic acids is 3. The molecule has 0 aliphatic heterocycles. The van der Waals surface area contributed by atoms with Crippen molar-refractivity contribution >= 4 is 35.6 Å². The summed E-state index contributed by atoms with van der Waals surface area (Å²) in [6, 6.07) is 0.172. The number of benzene rings is 1. The zero-order valence-electron chi connectivity index (χ0n) is 21.0. The molecule has 0 saturated heterocycles. The van der Waals surface area contributed by atoms with Crippen LogP contribution in [0.5, 0.6) is 5.75 Å². The summed E-state index contributed by atoms with van der Waals surface area (Å²) in [5, 5.41) is 43.9. The number of nitrogens with one attached hydrogen (secondary N) is 3. The van der Waals surface area contributed by atoms with Gasteiger partial charge in [0.05, 0.1) is 12.5 Å². The Balaban J connectivity index is 3.04. The van der Waals surface area contributed by atoms with Gasteiger partial charge in [-0.05, 0) is 36.5 Å². The molecule has 0 heterocycles. The Morgan fingerprint density at radius 1 is 0.789 bits per heavy atom. The number of phenols is 1. The summed E-state index contributed by atoms with van der Waals surface area (Å²) < 4.78 is 0. The highest BCUT2D eigenvalue weighted by Gasteiger charge is 2.31. The smallest absolute Gasteiger partial charge is 0.326 e. The molecule has 0 aliphatic carbocycles. The summed E-state index contributed by atoms with van der Waals surface area (Å²) >= 11 is 0. The Morgan fingerprint density at radius 3 is 1.82 bits per heavy atom. The maximum Gasteiger partial charge on any atom is 0.326 e. The Kier molecular flexibility index (Phi) is 12.7.